The van der Waals surface area contributed by atoms with E-state index >= 15 is 0 Å². The molecule has 156 valence electrons. The van der Waals surface area contributed by atoms with E-state index in [1.807, 2.05) is 42.5 Å². The van der Waals surface area contributed by atoms with Gasteiger partial charge in [-0.2, -0.15) is 0 Å². The number of nitrogens with one attached hydrogen (secondary N) is 1. The van der Waals surface area contributed by atoms with Crippen LogP contribution in [0.4, 0.5) is 0 Å². The number of hydrogen-bond acceptors (Lipinski definition) is 5. The summed E-state index contributed by atoms with van der Waals surface area (Å²) in [7, 11) is 0. The maximum Gasteiger partial charge on any atom is 0.161 e. The molecule has 5 nitrogen and oxygen atoms in total. The Hall–Kier alpha value is -2.76. The second-order valence-corrected chi connectivity index (χ2v) is 6.73. The van der Waals surface area contributed by atoms with Crippen LogP contribution in [-0.2, 0) is 6.42 Å². The minimum absolute atomic E-state index is 0.168. The van der Waals surface area contributed by atoms with Crippen molar-refractivity contribution < 1.29 is 19.3 Å². The van der Waals surface area contributed by atoms with Crippen molar-refractivity contribution in [1.29, 1.82) is 0 Å². The van der Waals surface area contributed by atoms with E-state index in [9.17, 15) is 5.11 Å². The Morgan fingerprint density at radius 3 is 2.10 bits per heavy atom. The summed E-state index contributed by atoms with van der Waals surface area (Å²) in [4.78, 5) is 0. The van der Waals surface area contributed by atoms with Crippen molar-refractivity contribution in [2.24, 2.45) is 0 Å². The summed E-state index contributed by atoms with van der Waals surface area (Å²) < 4.78 is 17.0. The summed E-state index contributed by atoms with van der Waals surface area (Å²) in [6.07, 6.45) is 3.56. The fraction of sp³-hybridized carbons (Fsp3) is 0.333. The molecule has 0 amide bonds. The first kappa shape index (κ1) is 22.5. The van der Waals surface area contributed by atoms with Crippen LogP contribution in [0.5, 0.6) is 17.2 Å². The van der Waals surface area contributed by atoms with Crippen molar-refractivity contribution in [3.8, 4) is 17.2 Å². The third-order valence-electron chi connectivity index (χ3n) is 4.19. The molecule has 0 saturated heterocycles. The molecule has 2 rings (SSSR count). The van der Waals surface area contributed by atoms with Crippen LogP contribution >= 0.6 is 0 Å². The van der Waals surface area contributed by atoms with Gasteiger partial charge in [-0.15, -0.1) is 0 Å². The zero-order valence-electron chi connectivity index (χ0n) is 17.0. The number of ether oxygens (including phenoxy) is 3. The van der Waals surface area contributed by atoms with E-state index in [1.54, 1.807) is 12.2 Å². The zero-order chi connectivity index (χ0) is 20.9. The van der Waals surface area contributed by atoms with Crippen molar-refractivity contribution in [2.75, 3.05) is 26.4 Å². The molecule has 2 unspecified atom stereocenters. The Morgan fingerprint density at radius 2 is 1.45 bits per heavy atom. The Kier molecular flexibility index (Phi) is 9.83. The largest absolute Gasteiger partial charge is 0.489 e. The van der Waals surface area contributed by atoms with E-state index in [2.05, 4.69) is 31.5 Å². The van der Waals surface area contributed by atoms with E-state index in [-0.39, 0.29) is 12.6 Å². The predicted octanol–water partition coefficient (Wildman–Crippen LogP) is 3.78. The number of hydrogen-bond donors (Lipinski definition) is 2. The van der Waals surface area contributed by atoms with Gasteiger partial charge in [0, 0.05) is 12.6 Å². The normalized spacial score (nSPS) is 12.6. The van der Waals surface area contributed by atoms with Gasteiger partial charge in [-0.05, 0) is 37.1 Å². The maximum atomic E-state index is 10.3. The van der Waals surface area contributed by atoms with Gasteiger partial charge in [0.15, 0.2) is 11.5 Å². The fourth-order valence-corrected chi connectivity index (χ4v) is 2.78. The monoisotopic (exact) mass is 397 g/mol. The summed E-state index contributed by atoms with van der Waals surface area (Å²) in [6.45, 7) is 10.9. The highest BCUT2D eigenvalue weighted by atomic mass is 16.5. The molecular weight excluding hydrogens is 366 g/mol. The highest BCUT2D eigenvalue weighted by Gasteiger charge is 2.12. The van der Waals surface area contributed by atoms with E-state index in [4.69, 9.17) is 14.2 Å². The van der Waals surface area contributed by atoms with Crippen LogP contribution in [0.25, 0.3) is 0 Å². The molecule has 5 heteroatoms. The predicted molar refractivity (Wildman–Crippen MR) is 117 cm³/mol. The highest BCUT2D eigenvalue weighted by Crippen LogP contribution is 2.26. The lowest BCUT2D eigenvalue weighted by molar-refractivity contribution is 0.102. The molecule has 0 heterocycles. The molecule has 2 N–H and O–H groups in total. The fourth-order valence-electron chi connectivity index (χ4n) is 2.78. The summed E-state index contributed by atoms with van der Waals surface area (Å²) in [5.74, 6) is 2.10. The number of benzene rings is 2. The quantitative estimate of drug-likeness (QED) is 0.475. The topological polar surface area (TPSA) is 60.0 Å². The van der Waals surface area contributed by atoms with Gasteiger partial charge in [-0.3, -0.25) is 0 Å². The van der Waals surface area contributed by atoms with Gasteiger partial charge >= 0.3 is 0 Å². The van der Waals surface area contributed by atoms with Gasteiger partial charge < -0.3 is 24.6 Å². The van der Waals surface area contributed by atoms with Crippen LogP contribution in [-0.4, -0.2) is 43.6 Å². The van der Waals surface area contributed by atoms with Crippen molar-refractivity contribution in [2.45, 2.75) is 25.5 Å². The molecule has 0 fully saturated rings. The lowest BCUT2D eigenvalue weighted by Crippen LogP contribution is -2.37. The van der Waals surface area contributed by atoms with Crippen molar-refractivity contribution in [1.82, 2.24) is 5.32 Å². The Labute approximate surface area is 173 Å². The second kappa shape index (κ2) is 12.6. The third-order valence-corrected chi connectivity index (χ3v) is 4.19. The average Bonchev–Trinajstić information content (AvgIpc) is 2.74. The average molecular weight is 398 g/mol. The number of rotatable bonds is 14. The summed E-state index contributed by atoms with van der Waals surface area (Å²) in [6, 6.07) is 15.5. The summed E-state index contributed by atoms with van der Waals surface area (Å²) >= 11 is 0. The lowest BCUT2D eigenvalue weighted by atomic mass is 10.1. The number of aliphatic hydroxyl groups is 1. The number of aliphatic hydroxyl groups excluding tert-OH is 1. The molecule has 0 spiro atoms. The molecule has 0 radical (unpaired) electrons. The van der Waals surface area contributed by atoms with Gasteiger partial charge in [0.25, 0.3) is 0 Å². The van der Waals surface area contributed by atoms with Gasteiger partial charge in [0.2, 0.25) is 0 Å². The Balaban J connectivity index is 1.79. The Morgan fingerprint density at radius 1 is 0.897 bits per heavy atom. The smallest absolute Gasteiger partial charge is 0.161 e. The first-order chi connectivity index (χ1) is 14.1. The molecule has 0 bridgehead atoms. The zero-order valence-corrected chi connectivity index (χ0v) is 17.0. The van der Waals surface area contributed by atoms with Crippen LogP contribution in [0.1, 0.15) is 12.5 Å². The molecule has 2 aromatic carbocycles. The Bertz CT molecular complexity index is 762. The first-order valence-electron chi connectivity index (χ1n) is 9.82. The SMILES string of the molecule is C=CCOc1ccccc1CC(C)NCC(O)COc1ccccc1OCC=C. The maximum absolute atomic E-state index is 10.3. The van der Waals surface area contributed by atoms with Crippen molar-refractivity contribution in [3.05, 3.63) is 79.4 Å². The van der Waals surface area contributed by atoms with Gasteiger partial charge in [-0.25, -0.2) is 0 Å². The highest BCUT2D eigenvalue weighted by molar-refractivity contribution is 5.39. The second-order valence-electron chi connectivity index (χ2n) is 6.73. The number of para-hydroxylation sites is 3. The van der Waals surface area contributed by atoms with E-state index in [0.29, 0.717) is 31.3 Å². The van der Waals surface area contributed by atoms with Crippen LogP contribution in [0.15, 0.2) is 73.8 Å². The third kappa shape index (κ3) is 8.02. The van der Waals surface area contributed by atoms with Crippen LogP contribution in [0.3, 0.4) is 0 Å². The molecule has 0 aliphatic rings. The lowest BCUT2D eigenvalue weighted by Gasteiger charge is -2.19. The van der Waals surface area contributed by atoms with Gasteiger partial charge in [-0.1, -0.05) is 55.6 Å². The van der Waals surface area contributed by atoms with Crippen LogP contribution < -0.4 is 19.5 Å². The minimum atomic E-state index is -0.642. The van der Waals surface area contributed by atoms with Crippen molar-refractivity contribution >= 4 is 0 Å². The molecule has 29 heavy (non-hydrogen) atoms. The molecule has 0 aromatic heterocycles. The van der Waals surface area contributed by atoms with Gasteiger partial charge in [0.05, 0.1) is 0 Å². The molecular formula is C24H31NO4. The van der Waals surface area contributed by atoms with E-state index < -0.39 is 6.10 Å². The van der Waals surface area contributed by atoms with Crippen LogP contribution in [0, 0.1) is 0 Å². The van der Waals surface area contributed by atoms with E-state index in [0.717, 1.165) is 17.7 Å². The summed E-state index contributed by atoms with van der Waals surface area (Å²) in [5.41, 5.74) is 1.12. The first-order valence-corrected chi connectivity index (χ1v) is 9.82. The van der Waals surface area contributed by atoms with Crippen LogP contribution in [0.2, 0.25) is 0 Å². The molecule has 2 aromatic rings. The molecule has 0 aliphatic heterocycles. The minimum Gasteiger partial charge on any atom is -0.489 e. The summed E-state index contributed by atoms with van der Waals surface area (Å²) in [5, 5.41) is 13.6. The molecule has 0 saturated carbocycles. The van der Waals surface area contributed by atoms with E-state index in [1.165, 1.54) is 0 Å². The standard InChI is InChI=1S/C24H31NO4/c1-4-14-27-22-11-7-6-10-20(22)16-19(3)25-17-21(26)18-29-24-13-9-8-12-23(24)28-15-5-2/h4-13,19,21,25-26H,1-2,14-18H2,3H3. The molecule has 2 atom stereocenters. The van der Waals surface area contributed by atoms with Gasteiger partial charge in [0.1, 0.15) is 31.7 Å². The van der Waals surface area contributed by atoms with Crippen molar-refractivity contribution in [3.63, 3.8) is 0 Å². The molecule has 0 aliphatic carbocycles.